The van der Waals surface area contributed by atoms with Crippen LogP contribution in [-0.2, 0) is 6.42 Å². The van der Waals surface area contributed by atoms with Crippen LogP contribution in [0, 0.1) is 5.41 Å². The van der Waals surface area contributed by atoms with Gasteiger partial charge in [0.15, 0.2) is 0 Å². The Labute approximate surface area is 115 Å². The highest BCUT2D eigenvalue weighted by Gasteiger charge is 2.24. The number of para-hydroxylation sites is 1. The molecule has 2 rings (SSSR count). The number of hydrogen-bond acceptors (Lipinski definition) is 1. The molecule has 0 bridgehead atoms. The van der Waals surface area contributed by atoms with Crippen LogP contribution in [0.5, 0.6) is 5.75 Å². The van der Waals surface area contributed by atoms with E-state index >= 15 is 0 Å². The van der Waals surface area contributed by atoms with Crippen molar-refractivity contribution in [3.05, 3.63) is 29.8 Å². The normalized spacial score (nSPS) is 20.3. The van der Waals surface area contributed by atoms with Crippen LogP contribution in [0.3, 0.4) is 0 Å². The van der Waals surface area contributed by atoms with E-state index in [4.69, 9.17) is 16.3 Å². The molecule has 0 aromatic heterocycles. The molecule has 0 aliphatic carbocycles. The lowest BCUT2D eigenvalue weighted by Crippen LogP contribution is -2.21. The van der Waals surface area contributed by atoms with Gasteiger partial charge in [-0.25, -0.2) is 0 Å². The fraction of sp³-hybridized carbons (Fsp3) is 0.625. The second-order valence-corrected chi connectivity index (χ2v) is 6.84. The first kappa shape index (κ1) is 13.7. The number of fused-ring (bicyclic) bond motifs is 1. The second kappa shape index (κ2) is 5.52. The molecule has 0 fully saturated rings. The van der Waals surface area contributed by atoms with Crippen molar-refractivity contribution in [1.29, 1.82) is 0 Å². The molecular weight excluding hydrogens is 244 g/mol. The van der Waals surface area contributed by atoms with Crippen LogP contribution in [-0.4, -0.2) is 11.5 Å². The fourth-order valence-electron chi connectivity index (χ4n) is 2.37. The van der Waals surface area contributed by atoms with E-state index in [-0.39, 0.29) is 10.8 Å². The Morgan fingerprint density at radius 2 is 2.06 bits per heavy atom. The van der Waals surface area contributed by atoms with Crippen molar-refractivity contribution in [3.63, 3.8) is 0 Å². The van der Waals surface area contributed by atoms with Gasteiger partial charge in [0.2, 0.25) is 0 Å². The summed E-state index contributed by atoms with van der Waals surface area (Å²) in [4.78, 5) is 0. The topological polar surface area (TPSA) is 9.23 Å². The minimum Gasteiger partial charge on any atom is -0.490 e. The summed E-state index contributed by atoms with van der Waals surface area (Å²) < 4.78 is 5.93. The van der Waals surface area contributed by atoms with Crippen molar-refractivity contribution in [3.8, 4) is 5.75 Å². The zero-order chi connectivity index (χ0) is 13.2. The molecule has 0 saturated heterocycles. The summed E-state index contributed by atoms with van der Waals surface area (Å²) in [7, 11) is 0. The summed E-state index contributed by atoms with van der Waals surface area (Å²) in [6, 6.07) is 8.35. The highest BCUT2D eigenvalue weighted by atomic mass is 35.5. The molecule has 18 heavy (non-hydrogen) atoms. The third-order valence-electron chi connectivity index (χ3n) is 3.64. The van der Waals surface area contributed by atoms with Crippen molar-refractivity contribution < 1.29 is 4.74 Å². The Bertz CT molecular complexity index is 369. The van der Waals surface area contributed by atoms with E-state index in [0.29, 0.717) is 6.10 Å². The first-order valence-corrected chi connectivity index (χ1v) is 7.29. The molecule has 1 heterocycles. The number of hydrogen-bond donors (Lipinski definition) is 0. The Hall–Kier alpha value is -0.690. The molecule has 0 spiro atoms. The summed E-state index contributed by atoms with van der Waals surface area (Å²) in [6.45, 7) is 6.60. The smallest absolute Gasteiger partial charge is 0.123 e. The van der Waals surface area contributed by atoms with E-state index in [0.717, 1.165) is 31.4 Å². The second-order valence-electron chi connectivity index (χ2n) is 6.32. The molecule has 1 aliphatic rings. The van der Waals surface area contributed by atoms with Crippen LogP contribution in [0.1, 0.15) is 45.6 Å². The maximum absolute atomic E-state index is 6.39. The minimum atomic E-state index is 0.195. The Morgan fingerprint density at radius 1 is 1.33 bits per heavy atom. The first-order valence-electron chi connectivity index (χ1n) is 6.85. The largest absolute Gasteiger partial charge is 0.490 e. The van der Waals surface area contributed by atoms with Crippen molar-refractivity contribution in [2.24, 2.45) is 5.41 Å². The van der Waals surface area contributed by atoms with Crippen LogP contribution < -0.4 is 4.74 Å². The van der Waals surface area contributed by atoms with Gasteiger partial charge in [0, 0.05) is 11.8 Å². The van der Waals surface area contributed by atoms with Gasteiger partial charge in [-0.05, 0) is 36.3 Å². The van der Waals surface area contributed by atoms with Crippen LogP contribution in [0.2, 0.25) is 0 Å². The van der Waals surface area contributed by atoms with Crippen LogP contribution in [0.15, 0.2) is 24.3 Å². The minimum absolute atomic E-state index is 0.195. The van der Waals surface area contributed by atoms with E-state index < -0.39 is 0 Å². The van der Waals surface area contributed by atoms with E-state index in [1.54, 1.807) is 0 Å². The van der Waals surface area contributed by atoms with Gasteiger partial charge < -0.3 is 4.74 Å². The lowest BCUT2D eigenvalue weighted by atomic mass is 9.88. The van der Waals surface area contributed by atoms with Gasteiger partial charge in [0.25, 0.3) is 0 Å². The number of benzene rings is 1. The molecular formula is C16H23ClO. The van der Waals surface area contributed by atoms with Crippen LogP contribution >= 0.6 is 11.6 Å². The summed E-state index contributed by atoms with van der Waals surface area (Å²) in [5.41, 5.74) is 1.54. The van der Waals surface area contributed by atoms with Crippen molar-refractivity contribution in [1.82, 2.24) is 0 Å². The van der Waals surface area contributed by atoms with Gasteiger partial charge in [0.05, 0.1) is 0 Å². The molecule has 2 heteroatoms. The van der Waals surface area contributed by atoms with Gasteiger partial charge in [-0.1, -0.05) is 39.0 Å². The number of rotatable bonds is 4. The molecule has 1 aromatic rings. The number of alkyl halides is 1. The Morgan fingerprint density at radius 3 is 2.72 bits per heavy atom. The van der Waals surface area contributed by atoms with Gasteiger partial charge >= 0.3 is 0 Å². The highest BCUT2D eigenvalue weighted by molar-refractivity contribution is 6.21. The lowest BCUT2D eigenvalue weighted by Gasteiger charge is -2.25. The zero-order valence-electron chi connectivity index (χ0n) is 11.6. The quantitative estimate of drug-likeness (QED) is 0.711. The van der Waals surface area contributed by atoms with Crippen molar-refractivity contribution in [2.75, 3.05) is 0 Å². The predicted molar refractivity (Wildman–Crippen MR) is 77.5 cm³/mol. The summed E-state index contributed by atoms with van der Waals surface area (Å²) >= 11 is 6.39. The maximum atomic E-state index is 6.39. The average molecular weight is 267 g/mol. The lowest BCUT2D eigenvalue weighted by molar-refractivity contribution is 0.213. The summed E-state index contributed by atoms with van der Waals surface area (Å²) in [5.74, 6) is 1.07. The molecule has 0 amide bonds. The number of halogens is 1. The first-order chi connectivity index (χ1) is 8.47. The fourth-order valence-corrected chi connectivity index (χ4v) is 2.53. The molecule has 2 unspecified atom stereocenters. The molecule has 2 atom stereocenters. The predicted octanol–water partition coefficient (Wildman–Crippen LogP) is 4.81. The maximum Gasteiger partial charge on any atom is 0.123 e. The van der Waals surface area contributed by atoms with E-state index in [9.17, 15) is 0 Å². The SMILES string of the molecule is CC(C)(C)C(Cl)CCCC1Cc2ccccc2O1. The van der Waals surface area contributed by atoms with Crippen LogP contribution in [0.25, 0.3) is 0 Å². The monoisotopic (exact) mass is 266 g/mol. The molecule has 1 nitrogen and oxygen atoms in total. The molecule has 1 aliphatic heterocycles. The average Bonchev–Trinajstić information content (AvgIpc) is 2.70. The van der Waals surface area contributed by atoms with Gasteiger partial charge in [0.1, 0.15) is 11.9 Å². The molecule has 0 saturated carbocycles. The molecule has 1 aromatic carbocycles. The van der Waals surface area contributed by atoms with Crippen molar-refractivity contribution >= 4 is 11.6 Å². The van der Waals surface area contributed by atoms with Gasteiger partial charge in [-0.3, -0.25) is 0 Å². The van der Waals surface area contributed by atoms with E-state index in [1.807, 2.05) is 6.07 Å². The highest BCUT2D eigenvalue weighted by Crippen LogP contribution is 2.32. The van der Waals surface area contributed by atoms with Crippen LogP contribution in [0.4, 0.5) is 0 Å². The number of ether oxygens (including phenoxy) is 1. The Kier molecular flexibility index (Phi) is 4.21. The van der Waals surface area contributed by atoms with E-state index in [2.05, 4.69) is 39.0 Å². The molecule has 100 valence electrons. The summed E-state index contributed by atoms with van der Waals surface area (Å²) in [6.07, 6.45) is 4.73. The zero-order valence-corrected chi connectivity index (χ0v) is 12.3. The van der Waals surface area contributed by atoms with E-state index in [1.165, 1.54) is 5.56 Å². The molecule has 0 N–H and O–H groups in total. The molecule has 0 radical (unpaired) electrons. The Balaban J connectivity index is 1.74. The third-order valence-corrected chi connectivity index (χ3v) is 4.51. The van der Waals surface area contributed by atoms with Gasteiger partial charge in [-0.15, -0.1) is 11.6 Å². The van der Waals surface area contributed by atoms with Crippen molar-refractivity contribution in [2.45, 2.75) is 57.9 Å². The third kappa shape index (κ3) is 3.41. The van der Waals surface area contributed by atoms with Gasteiger partial charge in [-0.2, -0.15) is 0 Å². The standard InChI is InChI=1S/C16H23ClO/c1-16(2,3)15(17)10-6-8-13-11-12-7-4-5-9-14(12)18-13/h4-5,7,9,13,15H,6,8,10-11H2,1-3H3. The summed E-state index contributed by atoms with van der Waals surface area (Å²) in [5, 5.41) is 0.251.